The van der Waals surface area contributed by atoms with Gasteiger partial charge >= 0.3 is 0 Å². The number of nitrogens with one attached hydrogen (secondary N) is 1. The van der Waals surface area contributed by atoms with Crippen molar-refractivity contribution in [2.45, 2.75) is 32.7 Å². The van der Waals surface area contributed by atoms with Gasteiger partial charge in [0.2, 0.25) is 0 Å². The van der Waals surface area contributed by atoms with E-state index in [1.165, 1.54) is 5.56 Å². The van der Waals surface area contributed by atoms with Gasteiger partial charge in [-0.05, 0) is 78.0 Å². The predicted octanol–water partition coefficient (Wildman–Crippen LogP) is 3.46. The van der Waals surface area contributed by atoms with Crippen LogP contribution in [0.2, 0.25) is 0 Å². The monoisotopic (exact) mass is 434 g/mol. The summed E-state index contributed by atoms with van der Waals surface area (Å²) < 4.78 is 11.4. The number of halogens is 1. The third-order valence-corrected chi connectivity index (χ3v) is 5.21. The lowest BCUT2D eigenvalue weighted by Gasteiger charge is -2.31. The number of piperidine rings is 1. The van der Waals surface area contributed by atoms with E-state index in [4.69, 9.17) is 9.15 Å². The zero-order valence-electron chi connectivity index (χ0n) is 15.5. The Bertz CT molecular complexity index is 825. The zero-order valence-corrected chi connectivity index (χ0v) is 17.0. The number of likely N-dealkylation sites (tertiary alicyclic amines) is 1. The van der Waals surface area contributed by atoms with Crippen molar-refractivity contribution in [1.29, 1.82) is 0 Å². The third kappa shape index (κ3) is 5.13. The number of carbonyl (C=O) groups excluding carboxylic acids is 2. The fourth-order valence-electron chi connectivity index (χ4n) is 3.03. The smallest absolute Gasteiger partial charge is 0.289 e. The minimum atomic E-state index is -0.145. The van der Waals surface area contributed by atoms with Crippen LogP contribution in [0.1, 0.15) is 34.5 Å². The molecule has 0 aliphatic carbocycles. The number of furan rings is 1. The van der Waals surface area contributed by atoms with Gasteiger partial charge in [0.1, 0.15) is 5.75 Å². The van der Waals surface area contributed by atoms with Crippen molar-refractivity contribution >= 4 is 27.7 Å². The number of carbonyl (C=O) groups is 2. The molecule has 1 saturated heterocycles. The van der Waals surface area contributed by atoms with Crippen LogP contribution in [0.15, 0.2) is 39.4 Å². The number of hydrogen-bond donors (Lipinski definition) is 1. The second kappa shape index (κ2) is 8.61. The maximum Gasteiger partial charge on any atom is 0.289 e. The Morgan fingerprint density at radius 1 is 1.19 bits per heavy atom. The highest BCUT2D eigenvalue weighted by Crippen LogP contribution is 2.19. The van der Waals surface area contributed by atoms with Gasteiger partial charge in [0.25, 0.3) is 11.8 Å². The van der Waals surface area contributed by atoms with E-state index in [1.54, 1.807) is 17.0 Å². The van der Waals surface area contributed by atoms with E-state index in [0.717, 1.165) is 5.56 Å². The van der Waals surface area contributed by atoms with E-state index in [2.05, 4.69) is 21.2 Å². The van der Waals surface area contributed by atoms with Gasteiger partial charge < -0.3 is 19.4 Å². The Labute approximate surface area is 167 Å². The SMILES string of the molecule is Cc1ccc(OCC(=O)NC2CCN(C(=O)c3ccc(Br)o3)CC2)cc1C. The Balaban J connectivity index is 1.42. The average Bonchev–Trinajstić information content (AvgIpc) is 3.09. The van der Waals surface area contributed by atoms with Crippen molar-refractivity contribution in [2.75, 3.05) is 19.7 Å². The molecule has 0 radical (unpaired) electrons. The summed E-state index contributed by atoms with van der Waals surface area (Å²) in [7, 11) is 0. The molecule has 2 amide bonds. The molecule has 1 aliphatic heterocycles. The number of amides is 2. The number of hydrogen-bond acceptors (Lipinski definition) is 4. The van der Waals surface area contributed by atoms with Gasteiger partial charge in [-0.15, -0.1) is 0 Å². The van der Waals surface area contributed by atoms with Crippen LogP contribution in [-0.4, -0.2) is 42.5 Å². The maximum absolute atomic E-state index is 12.4. The van der Waals surface area contributed by atoms with Crippen molar-refractivity contribution in [3.63, 3.8) is 0 Å². The highest BCUT2D eigenvalue weighted by Gasteiger charge is 2.26. The number of ether oxygens (including phenoxy) is 1. The first-order chi connectivity index (χ1) is 12.9. The molecule has 0 unspecified atom stereocenters. The summed E-state index contributed by atoms with van der Waals surface area (Å²) in [5, 5.41) is 2.99. The second-order valence-corrected chi connectivity index (χ2v) is 7.55. The maximum atomic E-state index is 12.4. The van der Waals surface area contributed by atoms with Crippen LogP contribution < -0.4 is 10.1 Å². The van der Waals surface area contributed by atoms with E-state index in [1.807, 2.05) is 32.0 Å². The first-order valence-electron chi connectivity index (χ1n) is 8.96. The van der Waals surface area contributed by atoms with Crippen molar-refractivity contribution in [3.8, 4) is 5.75 Å². The molecule has 1 aromatic heterocycles. The molecule has 0 spiro atoms. The number of rotatable bonds is 5. The molecule has 144 valence electrons. The lowest BCUT2D eigenvalue weighted by atomic mass is 10.0. The van der Waals surface area contributed by atoms with Crippen LogP contribution in [-0.2, 0) is 4.79 Å². The highest BCUT2D eigenvalue weighted by molar-refractivity contribution is 9.10. The van der Waals surface area contributed by atoms with Crippen molar-refractivity contribution in [2.24, 2.45) is 0 Å². The van der Waals surface area contributed by atoms with E-state index in [0.29, 0.717) is 42.1 Å². The fraction of sp³-hybridized carbons (Fsp3) is 0.400. The summed E-state index contributed by atoms with van der Waals surface area (Å²) >= 11 is 3.20. The van der Waals surface area contributed by atoms with Gasteiger partial charge in [0.15, 0.2) is 17.0 Å². The molecular formula is C20H23BrN2O4. The van der Waals surface area contributed by atoms with Crippen LogP contribution >= 0.6 is 15.9 Å². The van der Waals surface area contributed by atoms with E-state index >= 15 is 0 Å². The average molecular weight is 435 g/mol. The Hall–Kier alpha value is -2.28. The van der Waals surface area contributed by atoms with Gasteiger partial charge in [0.05, 0.1) is 0 Å². The molecule has 0 saturated carbocycles. The molecular weight excluding hydrogens is 412 g/mol. The number of aryl methyl sites for hydroxylation is 2. The van der Waals surface area contributed by atoms with Crippen molar-refractivity contribution in [1.82, 2.24) is 10.2 Å². The predicted molar refractivity (Wildman–Crippen MR) is 105 cm³/mol. The van der Waals surface area contributed by atoms with Gasteiger partial charge in [-0.1, -0.05) is 6.07 Å². The normalized spacial score (nSPS) is 14.9. The molecule has 0 atom stereocenters. The molecule has 0 bridgehead atoms. The Morgan fingerprint density at radius 3 is 2.56 bits per heavy atom. The van der Waals surface area contributed by atoms with Crippen LogP contribution in [0.3, 0.4) is 0 Å². The number of benzene rings is 1. The van der Waals surface area contributed by atoms with Crippen LogP contribution in [0.4, 0.5) is 0 Å². The molecule has 6 nitrogen and oxygen atoms in total. The molecule has 2 aromatic rings. The highest BCUT2D eigenvalue weighted by atomic mass is 79.9. The molecule has 1 aromatic carbocycles. The number of nitrogens with zero attached hydrogens (tertiary/aromatic N) is 1. The quantitative estimate of drug-likeness (QED) is 0.781. The lowest BCUT2D eigenvalue weighted by Crippen LogP contribution is -2.47. The molecule has 1 aliphatic rings. The molecule has 7 heteroatoms. The van der Waals surface area contributed by atoms with Gasteiger partial charge in [0, 0.05) is 19.1 Å². The zero-order chi connectivity index (χ0) is 19.4. The molecule has 3 rings (SSSR count). The molecule has 2 heterocycles. The van der Waals surface area contributed by atoms with Crippen LogP contribution in [0, 0.1) is 13.8 Å². The van der Waals surface area contributed by atoms with Gasteiger partial charge in [-0.2, -0.15) is 0 Å². The minimum Gasteiger partial charge on any atom is -0.484 e. The van der Waals surface area contributed by atoms with E-state index < -0.39 is 0 Å². The third-order valence-electron chi connectivity index (χ3n) is 4.78. The molecule has 1 fully saturated rings. The summed E-state index contributed by atoms with van der Waals surface area (Å²) in [6, 6.07) is 9.19. The van der Waals surface area contributed by atoms with Crippen molar-refractivity contribution in [3.05, 3.63) is 51.9 Å². The summed E-state index contributed by atoms with van der Waals surface area (Å²) in [4.78, 5) is 26.2. The van der Waals surface area contributed by atoms with Gasteiger partial charge in [-0.3, -0.25) is 9.59 Å². The largest absolute Gasteiger partial charge is 0.484 e. The first-order valence-corrected chi connectivity index (χ1v) is 9.75. The summed E-state index contributed by atoms with van der Waals surface area (Å²) in [6.45, 7) is 5.20. The Morgan fingerprint density at radius 2 is 1.93 bits per heavy atom. The lowest BCUT2D eigenvalue weighted by molar-refractivity contribution is -0.124. The molecule has 1 N–H and O–H groups in total. The van der Waals surface area contributed by atoms with Crippen LogP contribution in [0.5, 0.6) is 5.75 Å². The van der Waals surface area contributed by atoms with Gasteiger partial charge in [-0.25, -0.2) is 0 Å². The summed E-state index contributed by atoms with van der Waals surface area (Å²) in [6.07, 6.45) is 1.42. The summed E-state index contributed by atoms with van der Waals surface area (Å²) in [5.74, 6) is 0.751. The second-order valence-electron chi connectivity index (χ2n) is 6.77. The topological polar surface area (TPSA) is 71.8 Å². The molecule has 27 heavy (non-hydrogen) atoms. The van der Waals surface area contributed by atoms with E-state index in [9.17, 15) is 9.59 Å². The standard InChI is InChI=1S/C20H23BrN2O4/c1-13-3-4-16(11-14(13)2)26-12-19(24)22-15-7-9-23(10-8-15)20(25)17-5-6-18(21)27-17/h3-6,11,15H,7-10,12H2,1-2H3,(H,22,24). The first kappa shape index (κ1) is 19.5. The fourth-order valence-corrected chi connectivity index (χ4v) is 3.34. The van der Waals surface area contributed by atoms with Crippen LogP contribution in [0.25, 0.3) is 0 Å². The Kier molecular flexibility index (Phi) is 6.21. The van der Waals surface area contributed by atoms with E-state index in [-0.39, 0.29) is 24.5 Å². The van der Waals surface area contributed by atoms with Crippen molar-refractivity contribution < 1.29 is 18.7 Å². The minimum absolute atomic E-state index is 0.0118. The summed E-state index contributed by atoms with van der Waals surface area (Å²) in [5.41, 5.74) is 2.32.